The predicted octanol–water partition coefficient (Wildman–Crippen LogP) is 5.72. The molecule has 0 unspecified atom stereocenters. The van der Waals surface area contributed by atoms with Gasteiger partial charge in [-0.1, -0.05) is 77.2 Å². The summed E-state index contributed by atoms with van der Waals surface area (Å²) >= 11 is 0. The van der Waals surface area contributed by atoms with Crippen molar-refractivity contribution in [2.24, 2.45) is 0 Å². The first-order valence-corrected chi connectivity index (χ1v) is 8.10. The van der Waals surface area contributed by atoms with E-state index in [0.717, 1.165) is 12.8 Å². The van der Waals surface area contributed by atoms with Gasteiger partial charge in [-0.2, -0.15) is 0 Å². The fourth-order valence-corrected chi connectivity index (χ4v) is 2.35. The quantitative estimate of drug-likeness (QED) is 0.343. The van der Waals surface area contributed by atoms with Gasteiger partial charge in [-0.05, 0) is 19.8 Å². The maximum atomic E-state index is 10.8. The largest absolute Gasteiger partial charge is 0.478 e. The molecule has 0 saturated carbocycles. The van der Waals surface area contributed by atoms with Crippen LogP contribution in [0, 0.1) is 0 Å². The first-order valence-electron chi connectivity index (χ1n) is 8.10. The van der Waals surface area contributed by atoms with Crippen LogP contribution in [-0.2, 0) is 4.79 Å². The Bertz CT molecular complexity index is 244. The maximum Gasteiger partial charge on any atom is 0.331 e. The summed E-state index contributed by atoms with van der Waals surface area (Å²) in [7, 11) is 0. The molecule has 0 atom stereocenters. The van der Waals surface area contributed by atoms with Gasteiger partial charge in [0.1, 0.15) is 0 Å². The summed E-state index contributed by atoms with van der Waals surface area (Å²) < 4.78 is 0. The lowest BCUT2D eigenvalue weighted by molar-refractivity contribution is -0.132. The third kappa shape index (κ3) is 12.0. The average molecular weight is 268 g/mol. The molecule has 2 heteroatoms. The van der Waals surface area contributed by atoms with Gasteiger partial charge in [-0.3, -0.25) is 0 Å². The summed E-state index contributed by atoms with van der Waals surface area (Å²) in [6.45, 7) is 4.06. The second-order valence-corrected chi connectivity index (χ2v) is 5.40. The standard InChI is InChI=1S/C17H32O2/c1-3-5-6-7-8-9-10-11-12-13-14-15-16(4-2)17(18)19/h4H,3,5-15H2,1-2H3,(H,18,19). The van der Waals surface area contributed by atoms with E-state index in [9.17, 15) is 4.79 Å². The van der Waals surface area contributed by atoms with Crippen molar-refractivity contribution in [3.05, 3.63) is 11.6 Å². The monoisotopic (exact) mass is 268 g/mol. The minimum absolute atomic E-state index is 0.566. The molecule has 0 spiro atoms. The van der Waals surface area contributed by atoms with Crippen LogP contribution in [0.3, 0.4) is 0 Å². The second-order valence-electron chi connectivity index (χ2n) is 5.40. The van der Waals surface area contributed by atoms with Gasteiger partial charge in [0.2, 0.25) is 0 Å². The van der Waals surface area contributed by atoms with Crippen LogP contribution in [-0.4, -0.2) is 11.1 Å². The zero-order valence-electron chi connectivity index (χ0n) is 12.9. The molecule has 0 aromatic heterocycles. The zero-order valence-corrected chi connectivity index (χ0v) is 12.9. The van der Waals surface area contributed by atoms with Crippen molar-refractivity contribution < 1.29 is 9.90 Å². The Morgan fingerprint density at radius 3 is 1.63 bits per heavy atom. The molecular weight excluding hydrogens is 236 g/mol. The lowest BCUT2D eigenvalue weighted by Crippen LogP contribution is -1.99. The number of hydrogen-bond donors (Lipinski definition) is 1. The Balaban J connectivity index is 3.21. The Labute approximate surface area is 119 Å². The third-order valence-corrected chi connectivity index (χ3v) is 3.67. The Hall–Kier alpha value is -0.790. The Morgan fingerprint density at radius 1 is 0.842 bits per heavy atom. The highest BCUT2D eigenvalue weighted by Gasteiger charge is 2.04. The molecule has 0 radical (unpaired) electrons. The van der Waals surface area contributed by atoms with E-state index in [0.29, 0.717) is 5.57 Å². The van der Waals surface area contributed by atoms with Crippen LogP contribution in [0.5, 0.6) is 0 Å². The molecule has 19 heavy (non-hydrogen) atoms. The van der Waals surface area contributed by atoms with Crippen molar-refractivity contribution in [3.8, 4) is 0 Å². The van der Waals surface area contributed by atoms with E-state index in [4.69, 9.17) is 5.11 Å². The van der Waals surface area contributed by atoms with Crippen molar-refractivity contribution >= 4 is 5.97 Å². The molecule has 0 aliphatic carbocycles. The van der Waals surface area contributed by atoms with Gasteiger partial charge >= 0.3 is 5.97 Å². The fraction of sp³-hybridized carbons (Fsp3) is 0.824. The molecule has 2 nitrogen and oxygen atoms in total. The molecule has 0 fully saturated rings. The van der Waals surface area contributed by atoms with Crippen LogP contribution in [0.4, 0.5) is 0 Å². The molecule has 0 aromatic rings. The van der Waals surface area contributed by atoms with Gasteiger partial charge in [0.05, 0.1) is 0 Å². The van der Waals surface area contributed by atoms with Crippen LogP contribution in [0.25, 0.3) is 0 Å². The van der Waals surface area contributed by atoms with E-state index in [-0.39, 0.29) is 0 Å². The molecule has 0 saturated heterocycles. The SMILES string of the molecule is CC=C(CCCCCCCCCCCCC)C(=O)O. The number of allylic oxidation sites excluding steroid dienone is 1. The summed E-state index contributed by atoms with van der Waals surface area (Å²) in [6.07, 6.45) is 16.8. The highest BCUT2D eigenvalue weighted by molar-refractivity contribution is 5.86. The van der Waals surface area contributed by atoms with Gasteiger partial charge in [-0.25, -0.2) is 4.79 Å². The molecule has 0 aliphatic heterocycles. The number of unbranched alkanes of at least 4 members (excludes halogenated alkanes) is 10. The lowest BCUT2D eigenvalue weighted by atomic mass is 10.0. The number of hydrogen-bond acceptors (Lipinski definition) is 1. The summed E-state index contributed by atoms with van der Waals surface area (Å²) in [5.74, 6) is -0.755. The van der Waals surface area contributed by atoms with Crippen molar-refractivity contribution in [1.82, 2.24) is 0 Å². The lowest BCUT2D eigenvalue weighted by Gasteiger charge is -2.03. The van der Waals surface area contributed by atoms with Crippen molar-refractivity contribution in [1.29, 1.82) is 0 Å². The topological polar surface area (TPSA) is 37.3 Å². The van der Waals surface area contributed by atoms with Gasteiger partial charge < -0.3 is 5.11 Å². The smallest absolute Gasteiger partial charge is 0.331 e. The molecule has 0 rings (SSSR count). The van der Waals surface area contributed by atoms with Gasteiger partial charge in [0.25, 0.3) is 0 Å². The van der Waals surface area contributed by atoms with Gasteiger partial charge in [-0.15, -0.1) is 0 Å². The molecule has 0 bridgehead atoms. The van der Waals surface area contributed by atoms with Crippen LogP contribution in [0.1, 0.15) is 90.9 Å². The van der Waals surface area contributed by atoms with Crippen LogP contribution in [0.2, 0.25) is 0 Å². The summed E-state index contributed by atoms with van der Waals surface area (Å²) in [6, 6.07) is 0. The Morgan fingerprint density at radius 2 is 1.26 bits per heavy atom. The first kappa shape index (κ1) is 18.2. The van der Waals surface area contributed by atoms with E-state index >= 15 is 0 Å². The molecule has 0 aliphatic rings. The molecule has 112 valence electrons. The predicted molar refractivity (Wildman–Crippen MR) is 82.5 cm³/mol. The molecule has 0 amide bonds. The number of aliphatic carboxylic acids is 1. The van der Waals surface area contributed by atoms with E-state index < -0.39 is 5.97 Å². The highest BCUT2D eigenvalue weighted by Crippen LogP contribution is 2.14. The van der Waals surface area contributed by atoms with Crippen molar-refractivity contribution in [2.75, 3.05) is 0 Å². The van der Waals surface area contributed by atoms with Crippen LogP contribution >= 0.6 is 0 Å². The molecule has 1 N–H and O–H groups in total. The highest BCUT2D eigenvalue weighted by atomic mass is 16.4. The average Bonchev–Trinajstić information content (AvgIpc) is 2.40. The van der Waals surface area contributed by atoms with Gasteiger partial charge in [0, 0.05) is 5.57 Å². The third-order valence-electron chi connectivity index (χ3n) is 3.67. The molecule has 0 aromatic carbocycles. The number of carbonyl (C=O) groups is 1. The number of rotatable bonds is 13. The Kier molecular flexibility index (Phi) is 13.1. The first-order chi connectivity index (χ1) is 9.22. The van der Waals surface area contributed by atoms with Gasteiger partial charge in [0.15, 0.2) is 0 Å². The van der Waals surface area contributed by atoms with Crippen molar-refractivity contribution in [3.63, 3.8) is 0 Å². The minimum Gasteiger partial charge on any atom is -0.478 e. The number of carboxylic acids is 1. The summed E-state index contributed by atoms with van der Waals surface area (Å²) in [4.78, 5) is 10.8. The maximum absolute atomic E-state index is 10.8. The molecular formula is C17H32O2. The number of carboxylic acid groups (broad SMARTS) is 1. The minimum atomic E-state index is -0.755. The fourth-order valence-electron chi connectivity index (χ4n) is 2.35. The van der Waals surface area contributed by atoms with E-state index in [2.05, 4.69) is 6.92 Å². The van der Waals surface area contributed by atoms with Crippen LogP contribution in [0.15, 0.2) is 11.6 Å². The van der Waals surface area contributed by atoms with E-state index in [1.54, 1.807) is 6.08 Å². The van der Waals surface area contributed by atoms with E-state index in [1.165, 1.54) is 64.2 Å². The summed E-state index contributed by atoms with van der Waals surface area (Å²) in [5, 5.41) is 8.87. The van der Waals surface area contributed by atoms with Crippen molar-refractivity contribution in [2.45, 2.75) is 90.9 Å². The van der Waals surface area contributed by atoms with Crippen LogP contribution < -0.4 is 0 Å². The second kappa shape index (κ2) is 13.6. The molecule has 0 heterocycles. The zero-order chi connectivity index (χ0) is 14.3. The van der Waals surface area contributed by atoms with E-state index in [1.807, 2.05) is 6.92 Å². The normalized spacial score (nSPS) is 11.8. The summed E-state index contributed by atoms with van der Waals surface area (Å²) in [5.41, 5.74) is 0.566.